The van der Waals surface area contributed by atoms with Gasteiger partial charge in [0.15, 0.2) is 12.0 Å². The van der Waals surface area contributed by atoms with Crippen molar-refractivity contribution in [3.63, 3.8) is 0 Å². The predicted molar refractivity (Wildman–Crippen MR) is 105 cm³/mol. The molecule has 2 aromatic rings. The Morgan fingerprint density at radius 1 is 1.26 bits per heavy atom. The standard InChI is InChI=1S/C21H27N3O3/c1-13-6-8-15(9-7-13)10-11-24-12-22-18-16(19(24)25)17(14(2)23-18)27-20(26)21(3,4)5/h6-9,12,19,23,25H,10-11H2,1-5H3. The van der Waals surface area contributed by atoms with Crippen LogP contribution in [0.4, 0.5) is 5.82 Å². The summed E-state index contributed by atoms with van der Waals surface area (Å²) in [6.07, 6.45) is 1.49. The monoisotopic (exact) mass is 369 g/mol. The SMILES string of the molecule is Cc1ccc(CCN2C=Nc3[nH]c(C)c(OC(=O)C(C)(C)C)c3C2O)cc1. The second-order valence-electron chi connectivity index (χ2n) is 8.07. The highest BCUT2D eigenvalue weighted by Crippen LogP contribution is 2.41. The van der Waals surface area contributed by atoms with Gasteiger partial charge in [0.1, 0.15) is 5.82 Å². The van der Waals surface area contributed by atoms with Gasteiger partial charge in [-0.15, -0.1) is 0 Å². The number of nitrogens with one attached hydrogen (secondary N) is 1. The molecule has 0 spiro atoms. The van der Waals surface area contributed by atoms with Gasteiger partial charge in [-0.2, -0.15) is 0 Å². The number of H-pyrrole nitrogens is 1. The zero-order chi connectivity index (χ0) is 19.8. The molecule has 0 amide bonds. The molecule has 0 radical (unpaired) electrons. The molecule has 1 unspecified atom stereocenters. The molecule has 144 valence electrons. The third-order valence-electron chi connectivity index (χ3n) is 4.64. The van der Waals surface area contributed by atoms with E-state index in [2.05, 4.69) is 41.2 Å². The summed E-state index contributed by atoms with van der Waals surface area (Å²) in [6, 6.07) is 8.33. The van der Waals surface area contributed by atoms with Crippen molar-refractivity contribution in [2.75, 3.05) is 6.54 Å². The first-order valence-electron chi connectivity index (χ1n) is 9.15. The van der Waals surface area contributed by atoms with Crippen LogP contribution in [0.3, 0.4) is 0 Å². The number of benzene rings is 1. The first-order valence-corrected chi connectivity index (χ1v) is 9.15. The maximum atomic E-state index is 12.3. The summed E-state index contributed by atoms with van der Waals surface area (Å²) < 4.78 is 5.61. The smallest absolute Gasteiger partial charge is 0.316 e. The lowest BCUT2D eigenvalue weighted by molar-refractivity contribution is -0.143. The van der Waals surface area contributed by atoms with Crippen molar-refractivity contribution in [2.45, 2.75) is 47.3 Å². The summed E-state index contributed by atoms with van der Waals surface area (Å²) in [5, 5.41) is 10.9. The zero-order valence-electron chi connectivity index (χ0n) is 16.5. The molecule has 0 aliphatic carbocycles. The molecular formula is C21H27N3O3. The van der Waals surface area contributed by atoms with Gasteiger partial charge in [0.25, 0.3) is 0 Å². The van der Waals surface area contributed by atoms with E-state index in [9.17, 15) is 9.90 Å². The number of aliphatic imine (C=N–C) groups is 1. The van der Waals surface area contributed by atoms with E-state index in [0.29, 0.717) is 29.4 Å². The molecule has 1 atom stereocenters. The molecule has 1 aromatic heterocycles. The minimum Gasteiger partial charge on any atom is -0.424 e. The molecule has 0 fully saturated rings. The van der Waals surface area contributed by atoms with E-state index in [0.717, 1.165) is 6.42 Å². The molecule has 0 bridgehead atoms. The Balaban J connectivity index is 1.78. The first kappa shape index (κ1) is 19.2. The highest BCUT2D eigenvalue weighted by atomic mass is 16.5. The molecule has 1 aromatic carbocycles. The quantitative estimate of drug-likeness (QED) is 0.804. The van der Waals surface area contributed by atoms with E-state index >= 15 is 0 Å². The zero-order valence-corrected chi connectivity index (χ0v) is 16.5. The number of aromatic nitrogens is 1. The maximum absolute atomic E-state index is 12.3. The minimum absolute atomic E-state index is 0.347. The third-order valence-corrected chi connectivity index (χ3v) is 4.64. The van der Waals surface area contributed by atoms with Gasteiger partial charge in [0.05, 0.1) is 23.0 Å². The van der Waals surface area contributed by atoms with Crippen molar-refractivity contribution in [3.05, 3.63) is 46.6 Å². The number of aliphatic hydroxyl groups is 1. The number of carbonyl (C=O) groups is 1. The Morgan fingerprint density at radius 3 is 2.56 bits per heavy atom. The number of aryl methyl sites for hydroxylation is 2. The lowest BCUT2D eigenvalue weighted by Gasteiger charge is -2.29. The van der Waals surface area contributed by atoms with Gasteiger partial charge in [-0.05, 0) is 46.6 Å². The van der Waals surface area contributed by atoms with Crippen LogP contribution in [0.1, 0.15) is 49.4 Å². The van der Waals surface area contributed by atoms with Crippen LogP contribution in [0, 0.1) is 19.3 Å². The molecule has 0 saturated heterocycles. The number of fused-ring (bicyclic) bond motifs is 1. The Morgan fingerprint density at radius 2 is 1.93 bits per heavy atom. The first-order chi connectivity index (χ1) is 12.7. The maximum Gasteiger partial charge on any atom is 0.316 e. The van der Waals surface area contributed by atoms with Crippen molar-refractivity contribution in [1.29, 1.82) is 0 Å². The molecule has 6 heteroatoms. The Hall–Kier alpha value is -2.60. The van der Waals surface area contributed by atoms with E-state index in [4.69, 9.17) is 4.74 Å². The van der Waals surface area contributed by atoms with Crippen LogP contribution in [-0.2, 0) is 11.2 Å². The van der Waals surface area contributed by atoms with Crippen molar-refractivity contribution in [2.24, 2.45) is 10.4 Å². The predicted octanol–water partition coefficient (Wildman–Crippen LogP) is 3.79. The summed E-state index contributed by atoms with van der Waals surface area (Å²) in [5.41, 5.74) is 2.96. The molecule has 2 heterocycles. The Kier molecular flexibility index (Phi) is 5.11. The van der Waals surface area contributed by atoms with Gasteiger partial charge < -0.3 is 19.7 Å². The van der Waals surface area contributed by atoms with E-state index in [-0.39, 0.29) is 5.97 Å². The Bertz CT molecular complexity index is 860. The van der Waals surface area contributed by atoms with Crippen LogP contribution in [-0.4, -0.2) is 33.8 Å². The lowest BCUT2D eigenvalue weighted by atomic mass is 9.97. The number of hydrogen-bond acceptors (Lipinski definition) is 5. The average molecular weight is 369 g/mol. The molecule has 0 saturated carbocycles. The van der Waals surface area contributed by atoms with Gasteiger partial charge in [-0.3, -0.25) is 4.79 Å². The fraction of sp³-hybridized carbons (Fsp3) is 0.429. The van der Waals surface area contributed by atoms with E-state index in [1.807, 2.05) is 6.92 Å². The van der Waals surface area contributed by atoms with Gasteiger partial charge in [-0.25, -0.2) is 4.99 Å². The molecule has 27 heavy (non-hydrogen) atoms. The number of rotatable bonds is 4. The highest BCUT2D eigenvalue weighted by molar-refractivity contribution is 5.80. The topological polar surface area (TPSA) is 77.9 Å². The van der Waals surface area contributed by atoms with Crippen LogP contribution in [0.15, 0.2) is 29.3 Å². The normalized spacial score (nSPS) is 16.4. The largest absolute Gasteiger partial charge is 0.424 e. The van der Waals surface area contributed by atoms with Crippen LogP contribution >= 0.6 is 0 Å². The van der Waals surface area contributed by atoms with Crippen molar-refractivity contribution in [3.8, 4) is 5.75 Å². The molecule has 1 aliphatic rings. The number of esters is 1. The minimum atomic E-state index is -0.921. The second-order valence-corrected chi connectivity index (χ2v) is 8.07. The lowest BCUT2D eigenvalue weighted by Crippen LogP contribution is -2.32. The van der Waals surface area contributed by atoms with Crippen molar-refractivity contribution < 1.29 is 14.6 Å². The average Bonchev–Trinajstić information content (AvgIpc) is 2.91. The van der Waals surface area contributed by atoms with Crippen molar-refractivity contribution >= 4 is 18.1 Å². The fourth-order valence-electron chi connectivity index (χ4n) is 2.88. The van der Waals surface area contributed by atoms with Crippen LogP contribution in [0.25, 0.3) is 0 Å². The number of nitrogens with zero attached hydrogens (tertiary/aromatic N) is 2. The van der Waals surface area contributed by atoms with Gasteiger partial charge in [0, 0.05) is 6.54 Å². The molecule has 3 rings (SSSR count). The summed E-state index contributed by atoms with van der Waals surface area (Å²) in [5.74, 6) is 0.554. The molecule has 6 nitrogen and oxygen atoms in total. The number of aromatic amines is 1. The molecule has 2 N–H and O–H groups in total. The molecule has 1 aliphatic heterocycles. The number of ether oxygens (including phenoxy) is 1. The second kappa shape index (κ2) is 7.19. The van der Waals surface area contributed by atoms with Gasteiger partial charge >= 0.3 is 5.97 Å². The van der Waals surface area contributed by atoms with Gasteiger partial charge in [0.2, 0.25) is 0 Å². The summed E-state index contributed by atoms with van der Waals surface area (Å²) in [7, 11) is 0. The fourth-order valence-corrected chi connectivity index (χ4v) is 2.88. The van der Waals surface area contributed by atoms with E-state index in [1.54, 1.807) is 32.0 Å². The summed E-state index contributed by atoms with van der Waals surface area (Å²) >= 11 is 0. The van der Waals surface area contributed by atoms with Crippen molar-refractivity contribution in [1.82, 2.24) is 9.88 Å². The Labute approximate surface area is 159 Å². The van der Waals surface area contributed by atoms with E-state index in [1.165, 1.54) is 11.1 Å². The van der Waals surface area contributed by atoms with Crippen LogP contribution < -0.4 is 4.74 Å². The van der Waals surface area contributed by atoms with E-state index < -0.39 is 11.6 Å². The third kappa shape index (κ3) is 4.06. The van der Waals surface area contributed by atoms with Crippen LogP contribution in [0.2, 0.25) is 0 Å². The summed E-state index contributed by atoms with van der Waals surface area (Å²) in [4.78, 5) is 21.6. The van der Waals surface area contributed by atoms with Gasteiger partial charge in [-0.1, -0.05) is 29.8 Å². The number of carbonyl (C=O) groups excluding carboxylic acids is 1. The highest BCUT2D eigenvalue weighted by Gasteiger charge is 2.33. The number of hydrogen-bond donors (Lipinski definition) is 2. The van der Waals surface area contributed by atoms with Crippen LogP contribution in [0.5, 0.6) is 5.75 Å². The summed E-state index contributed by atoms with van der Waals surface area (Å²) in [6.45, 7) is 9.86. The number of aliphatic hydroxyl groups excluding tert-OH is 1. The molecular weight excluding hydrogens is 342 g/mol.